The molecule has 0 aliphatic heterocycles. The van der Waals surface area contributed by atoms with Crippen molar-refractivity contribution in [1.29, 1.82) is 0 Å². The molecule has 0 aromatic rings. The third-order valence-corrected chi connectivity index (χ3v) is 8.68. The van der Waals surface area contributed by atoms with E-state index in [1.165, 1.54) is 43.3 Å². The first kappa shape index (κ1) is 23.5. The van der Waals surface area contributed by atoms with Crippen molar-refractivity contribution in [2.24, 2.45) is 29.1 Å². The van der Waals surface area contributed by atoms with E-state index < -0.39 is 5.60 Å². The minimum atomic E-state index is -0.663. The lowest BCUT2D eigenvalue weighted by Gasteiger charge is -2.44. The normalized spacial score (nSPS) is 37.7. The van der Waals surface area contributed by atoms with Crippen LogP contribution in [0.4, 0.5) is 0 Å². The van der Waals surface area contributed by atoms with Crippen LogP contribution in [0.3, 0.4) is 0 Å². The second-order valence-electron chi connectivity index (χ2n) is 11.2. The Morgan fingerprint density at radius 1 is 1.10 bits per heavy atom. The maximum Gasteiger partial charge on any atom is 0.0651 e. The van der Waals surface area contributed by atoms with Crippen LogP contribution in [0, 0.1) is 29.1 Å². The molecule has 3 fully saturated rings. The third kappa shape index (κ3) is 5.02. The molecular weight excluding hydrogens is 368 g/mol. The molecular formula is C28H44O2. The largest absolute Gasteiger partial charge is 0.393 e. The summed E-state index contributed by atoms with van der Waals surface area (Å²) in [5.41, 5.74) is 3.78. The first-order chi connectivity index (χ1) is 14.0. The maximum absolute atomic E-state index is 10.3. The van der Waals surface area contributed by atoms with Crippen LogP contribution in [0.2, 0.25) is 0 Å². The second kappa shape index (κ2) is 9.17. The second-order valence-corrected chi connectivity index (χ2v) is 11.2. The number of aliphatic hydroxyl groups is 2. The summed E-state index contributed by atoms with van der Waals surface area (Å²) in [6.07, 6.45) is 18.0. The summed E-state index contributed by atoms with van der Waals surface area (Å²) < 4.78 is 0. The summed E-state index contributed by atoms with van der Waals surface area (Å²) in [6.45, 7) is 15.0. The molecule has 0 aromatic carbocycles. The molecule has 3 rings (SSSR count). The molecule has 0 amide bonds. The average Bonchev–Trinajstić information content (AvgIpc) is 3.03. The Bertz CT molecular complexity index is 719. The fourth-order valence-electron chi connectivity index (χ4n) is 6.25. The van der Waals surface area contributed by atoms with Gasteiger partial charge in [-0.25, -0.2) is 0 Å². The minimum absolute atomic E-state index is 0.164. The third-order valence-electron chi connectivity index (χ3n) is 8.68. The van der Waals surface area contributed by atoms with Crippen molar-refractivity contribution in [2.75, 3.05) is 0 Å². The molecule has 3 aliphatic rings. The predicted octanol–water partition coefficient (Wildman–Crippen LogP) is 6.76. The monoisotopic (exact) mass is 412 g/mol. The zero-order valence-corrected chi connectivity index (χ0v) is 20.0. The lowest BCUT2D eigenvalue weighted by Crippen LogP contribution is -2.35. The fraction of sp³-hybridized carbons (Fsp3) is 0.714. The Hall–Kier alpha value is -1.12. The van der Waals surface area contributed by atoms with E-state index in [1.807, 2.05) is 13.8 Å². The molecule has 1 unspecified atom stereocenters. The molecule has 0 saturated heterocycles. The van der Waals surface area contributed by atoms with Crippen LogP contribution < -0.4 is 0 Å². The Balaban J connectivity index is 1.75. The maximum atomic E-state index is 10.3. The molecule has 3 aliphatic carbocycles. The first-order valence-electron chi connectivity index (χ1n) is 12.2. The molecule has 0 radical (unpaired) electrons. The number of aliphatic hydroxyl groups excluding tert-OH is 1. The van der Waals surface area contributed by atoms with Gasteiger partial charge in [-0.1, -0.05) is 62.8 Å². The molecule has 168 valence electrons. The molecule has 3 saturated carbocycles. The van der Waals surface area contributed by atoms with Crippen LogP contribution in [0.25, 0.3) is 0 Å². The van der Waals surface area contributed by atoms with Crippen LogP contribution in [0.1, 0.15) is 86.0 Å². The lowest BCUT2D eigenvalue weighted by molar-refractivity contribution is 0.0436. The highest BCUT2D eigenvalue weighted by Crippen LogP contribution is 2.59. The highest BCUT2D eigenvalue weighted by atomic mass is 16.3. The molecule has 0 spiro atoms. The van der Waals surface area contributed by atoms with Gasteiger partial charge in [0.05, 0.1) is 11.7 Å². The summed E-state index contributed by atoms with van der Waals surface area (Å²) in [5, 5.41) is 20.3. The van der Waals surface area contributed by atoms with Gasteiger partial charge < -0.3 is 10.2 Å². The Labute approximate surface area is 184 Å². The van der Waals surface area contributed by atoms with E-state index in [9.17, 15) is 10.2 Å². The molecule has 2 heteroatoms. The van der Waals surface area contributed by atoms with Crippen molar-refractivity contribution >= 4 is 0 Å². The molecule has 0 heterocycles. The zero-order chi connectivity index (χ0) is 22.1. The van der Waals surface area contributed by atoms with Crippen molar-refractivity contribution < 1.29 is 10.2 Å². The number of fused-ring (bicyclic) bond motifs is 1. The van der Waals surface area contributed by atoms with Crippen LogP contribution >= 0.6 is 0 Å². The highest BCUT2D eigenvalue weighted by molar-refractivity contribution is 5.36. The summed E-state index contributed by atoms with van der Waals surface area (Å²) in [5.74, 6) is 2.08. The van der Waals surface area contributed by atoms with Gasteiger partial charge in [0.2, 0.25) is 0 Å². The van der Waals surface area contributed by atoms with Crippen LogP contribution in [0.15, 0.2) is 47.6 Å². The smallest absolute Gasteiger partial charge is 0.0651 e. The lowest BCUT2D eigenvalue weighted by atomic mass is 9.61. The van der Waals surface area contributed by atoms with Crippen LogP contribution in [0.5, 0.6) is 0 Å². The van der Waals surface area contributed by atoms with E-state index in [4.69, 9.17) is 0 Å². The van der Waals surface area contributed by atoms with Gasteiger partial charge in [0.25, 0.3) is 0 Å². The van der Waals surface area contributed by atoms with Crippen molar-refractivity contribution in [3.63, 3.8) is 0 Å². The summed E-state index contributed by atoms with van der Waals surface area (Å²) in [7, 11) is 0. The predicted molar refractivity (Wildman–Crippen MR) is 127 cm³/mol. The first-order valence-corrected chi connectivity index (χ1v) is 12.2. The van der Waals surface area contributed by atoms with Crippen molar-refractivity contribution in [3.8, 4) is 0 Å². The number of rotatable bonds is 5. The van der Waals surface area contributed by atoms with E-state index in [0.717, 1.165) is 19.3 Å². The van der Waals surface area contributed by atoms with Gasteiger partial charge in [-0.05, 0) is 94.0 Å². The standard InChI is InChI=1S/C28H44O2/c1-19-10-14-24(29)18-23(19)13-12-22-8-7-17-28(6)25(15-16-26(22)28)20(2)9-11-21(3)27(4,5)30/h9,11-13,20-21,24-26,29-30H,1,7-8,10,14-18H2,2-6H3/b11-9+,22-12?,23-13+/t20-,21+,24+,25-,26?,28-/m1/s1. The Morgan fingerprint density at radius 3 is 2.53 bits per heavy atom. The van der Waals surface area contributed by atoms with Crippen molar-refractivity contribution in [3.05, 3.63) is 47.6 Å². The Kier molecular flexibility index (Phi) is 7.19. The van der Waals surface area contributed by atoms with Crippen LogP contribution in [-0.4, -0.2) is 21.9 Å². The van der Waals surface area contributed by atoms with Gasteiger partial charge in [0.1, 0.15) is 0 Å². The van der Waals surface area contributed by atoms with Crippen molar-refractivity contribution in [1.82, 2.24) is 0 Å². The fourth-order valence-corrected chi connectivity index (χ4v) is 6.25. The van der Waals surface area contributed by atoms with Crippen LogP contribution in [-0.2, 0) is 0 Å². The van der Waals surface area contributed by atoms with Crippen molar-refractivity contribution in [2.45, 2.75) is 97.7 Å². The van der Waals surface area contributed by atoms with Gasteiger partial charge in [0, 0.05) is 5.92 Å². The molecule has 30 heavy (non-hydrogen) atoms. The molecule has 2 nitrogen and oxygen atoms in total. The average molecular weight is 413 g/mol. The number of allylic oxidation sites excluding steroid dienone is 5. The molecule has 6 atom stereocenters. The minimum Gasteiger partial charge on any atom is -0.393 e. The molecule has 0 bridgehead atoms. The summed E-state index contributed by atoms with van der Waals surface area (Å²) in [6, 6.07) is 0. The van der Waals surface area contributed by atoms with E-state index in [2.05, 4.69) is 51.7 Å². The summed E-state index contributed by atoms with van der Waals surface area (Å²) >= 11 is 0. The van der Waals surface area contributed by atoms with Gasteiger partial charge in [-0.15, -0.1) is 0 Å². The van der Waals surface area contributed by atoms with Gasteiger partial charge >= 0.3 is 0 Å². The Morgan fingerprint density at radius 2 is 1.83 bits per heavy atom. The van der Waals surface area contributed by atoms with Gasteiger partial charge in [-0.2, -0.15) is 0 Å². The van der Waals surface area contributed by atoms with E-state index in [1.54, 1.807) is 5.57 Å². The molecule has 2 N–H and O–H groups in total. The van der Waals surface area contributed by atoms with Gasteiger partial charge in [0.15, 0.2) is 0 Å². The summed E-state index contributed by atoms with van der Waals surface area (Å²) in [4.78, 5) is 0. The number of hydrogen-bond acceptors (Lipinski definition) is 2. The quantitative estimate of drug-likeness (QED) is 0.490. The SMILES string of the molecule is C=C1CC[C@H](O)C/C1=C\C=C1CCC[C@@]2(C)C1CC[C@@H]2[C@H](C)/C=C/[C@H](C)C(C)(C)O. The highest BCUT2D eigenvalue weighted by Gasteiger charge is 2.50. The van der Waals surface area contributed by atoms with E-state index >= 15 is 0 Å². The van der Waals surface area contributed by atoms with E-state index in [0.29, 0.717) is 23.2 Å². The van der Waals surface area contributed by atoms with E-state index in [-0.39, 0.29) is 12.0 Å². The molecule has 0 aromatic heterocycles. The zero-order valence-electron chi connectivity index (χ0n) is 20.0. The topological polar surface area (TPSA) is 40.5 Å². The van der Waals surface area contributed by atoms with Gasteiger partial charge in [-0.3, -0.25) is 0 Å². The number of hydrogen-bond donors (Lipinski definition) is 2.